The largest absolute Gasteiger partial charge is 0.309 e. The van der Waals surface area contributed by atoms with E-state index in [1.54, 1.807) is 6.07 Å². The molecule has 0 spiro atoms. The zero-order valence-electron chi connectivity index (χ0n) is 26.7. The van der Waals surface area contributed by atoms with Crippen LogP contribution in [0.2, 0.25) is 0 Å². The number of hydrogen-bond acceptors (Lipinski definition) is 3. The van der Waals surface area contributed by atoms with Crippen LogP contribution in [0.3, 0.4) is 0 Å². The van der Waals surface area contributed by atoms with E-state index in [4.69, 9.17) is 0 Å². The monoisotopic (exact) mass is 635 g/mol. The second kappa shape index (κ2) is 11.4. The van der Waals surface area contributed by atoms with E-state index in [0.29, 0.717) is 16.7 Å². The second-order valence-electron chi connectivity index (χ2n) is 12.3. The Hall–Kier alpha value is -7.39. The maximum Gasteiger partial charge on any atom is 0.0998 e. The Labute approximate surface area is 287 Å². The predicted molar refractivity (Wildman–Crippen MR) is 200 cm³/mol. The van der Waals surface area contributed by atoms with Crippen molar-refractivity contribution in [2.75, 3.05) is 0 Å². The lowest BCUT2D eigenvalue weighted by atomic mass is 9.94. The molecule has 0 saturated heterocycles. The van der Waals surface area contributed by atoms with Crippen LogP contribution < -0.4 is 0 Å². The fraction of sp³-hybridized carbons (Fsp3) is 0. The van der Waals surface area contributed by atoms with E-state index < -0.39 is 0 Å². The number of fused-ring (bicyclic) bond motifs is 6. The van der Waals surface area contributed by atoms with Crippen molar-refractivity contribution in [1.29, 1.82) is 15.8 Å². The standard InChI is InChI=1S/C45H25N5/c46-26-29-16-23-43-39(24-29)45-32(27-47)8-7-15-44(45)49(43)34-20-17-30(18-21-34)35-22-19-31(25-33(35)28-48)36-9-1-4-12-40(36)50-41-13-5-2-10-37(41)38-11-3-6-14-42(38)50/h1-25H. The van der Waals surface area contributed by atoms with Gasteiger partial charge in [-0.3, -0.25) is 0 Å². The molecule has 0 bridgehead atoms. The average Bonchev–Trinajstić information content (AvgIpc) is 3.70. The summed E-state index contributed by atoms with van der Waals surface area (Å²) in [6, 6.07) is 57.9. The van der Waals surface area contributed by atoms with Crippen molar-refractivity contribution in [3.8, 4) is 51.8 Å². The van der Waals surface area contributed by atoms with Gasteiger partial charge in [-0.2, -0.15) is 15.8 Å². The first-order valence-corrected chi connectivity index (χ1v) is 16.3. The Bertz CT molecular complexity index is 2900. The molecule has 0 N–H and O–H groups in total. The molecule has 5 heteroatoms. The summed E-state index contributed by atoms with van der Waals surface area (Å²) in [6.45, 7) is 0. The molecule has 0 aliphatic rings. The first-order valence-electron chi connectivity index (χ1n) is 16.3. The maximum atomic E-state index is 10.4. The van der Waals surface area contributed by atoms with Gasteiger partial charge in [0.15, 0.2) is 0 Å². The Morgan fingerprint density at radius 3 is 1.76 bits per heavy atom. The number of benzene rings is 7. The molecule has 0 aliphatic carbocycles. The summed E-state index contributed by atoms with van der Waals surface area (Å²) >= 11 is 0. The summed E-state index contributed by atoms with van der Waals surface area (Å²) in [7, 11) is 0. The molecule has 50 heavy (non-hydrogen) atoms. The number of aromatic nitrogens is 2. The summed E-state index contributed by atoms with van der Waals surface area (Å²) in [4.78, 5) is 0. The highest BCUT2D eigenvalue weighted by atomic mass is 15.0. The van der Waals surface area contributed by atoms with Crippen LogP contribution in [0.25, 0.3) is 77.2 Å². The van der Waals surface area contributed by atoms with Crippen LogP contribution in [-0.4, -0.2) is 9.13 Å². The Morgan fingerprint density at radius 2 is 1.04 bits per heavy atom. The number of nitrogens with zero attached hydrogens (tertiary/aromatic N) is 5. The molecule has 0 amide bonds. The lowest BCUT2D eigenvalue weighted by Crippen LogP contribution is -1.97. The van der Waals surface area contributed by atoms with Gasteiger partial charge in [0.05, 0.1) is 62.7 Å². The smallest absolute Gasteiger partial charge is 0.0998 e. The fourth-order valence-electron chi connectivity index (χ4n) is 7.45. The topological polar surface area (TPSA) is 81.2 Å². The van der Waals surface area contributed by atoms with Gasteiger partial charge in [-0.15, -0.1) is 0 Å². The number of nitriles is 3. The lowest BCUT2D eigenvalue weighted by molar-refractivity contribution is 1.18. The Kier molecular flexibility index (Phi) is 6.56. The van der Waals surface area contributed by atoms with E-state index in [-0.39, 0.29) is 0 Å². The van der Waals surface area contributed by atoms with Crippen LogP contribution in [0.4, 0.5) is 0 Å². The van der Waals surface area contributed by atoms with E-state index in [2.05, 4.69) is 100 Å². The summed E-state index contributed by atoms with van der Waals surface area (Å²) < 4.78 is 4.43. The molecule has 0 saturated carbocycles. The molecule has 0 unspecified atom stereocenters. The number of hydrogen-bond donors (Lipinski definition) is 0. The van der Waals surface area contributed by atoms with Gasteiger partial charge in [-0.05, 0) is 83.4 Å². The van der Waals surface area contributed by atoms with E-state index in [0.717, 1.165) is 66.5 Å². The molecule has 0 radical (unpaired) electrons. The Morgan fingerprint density at radius 1 is 0.400 bits per heavy atom. The van der Waals surface area contributed by atoms with Crippen LogP contribution in [-0.2, 0) is 0 Å². The van der Waals surface area contributed by atoms with Gasteiger partial charge in [-0.25, -0.2) is 0 Å². The highest BCUT2D eigenvalue weighted by molar-refractivity contribution is 6.12. The first kappa shape index (κ1) is 28.8. The molecule has 7 aromatic carbocycles. The highest BCUT2D eigenvalue weighted by Gasteiger charge is 2.18. The predicted octanol–water partition coefficient (Wildman–Crippen LogP) is 10.8. The van der Waals surface area contributed by atoms with Crippen LogP contribution >= 0.6 is 0 Å². The van der Waals surface area contributed by atoms with Gasteiger partial charge in [0.1, 0.15) is 0 Å². The molecule has 5 nitrogen and oxygen atoms in total. The van der Waals surface area contributed by atoms with Gasteiger partial charge < -0.3 is 9.13 Å². The van der Waals surface area contributed by atoms with Crippen LogP contribution in [0, 0.1) is 34.0 Å². The minimum atomic E-state index is 0.546. The normalized spacial score (nSPS) is 11.1. The summed E-state index contributed by atoms with van der Waals surface area (Å²) in [5.41, 5.74) is 11.5. The van der Waals surface area contributed by atoms with Gasteiger partial charge in [0.25, 0.3) is 0 Å². The second-order valence-corrected chi connectivity index (χ2v) is 12.3. The summed E-state index contributed by atoms with van der Waals surface area (Å²) in [5.74, 6) is 0. The molecule has 2 heterocycles. The summed E-state index contributed by atoms with van der Waals surface area (Å²) in [5, 5.41) is 34.0. The van der Waals surface area contributed by atoms with Gasteiger partial charge >= 0.3 is 0 Å². The van der Waals surface area contributed by atoms with E-state index in [1.807, 2.05) is 72.8 Å². The molecule has 230 valence electrons. The third-order valence-electron chi connectivity index (χ3n) is 9.65. The molecule has 0 aliphatic heterocycles. The summed E-state index contributed by atoms with van der Waals surface area (Å²) in [6.07, 6.45) is 0. The zero-order valence-corrected chi connectivity index (χ0v) is 26.7. The van der Waals surface area contributed by atoms with Crippen LogP contribution in [0.15, 0.2) is 152 Å². The van der Waals surface area contributed by atoms with Gasteiger partial charge in [-0.1, -0.05) is 84.9 Å². The lowest BCUT2D eigenvalue weighted by Gasteiger charge is -2.15. The maximum absolute atomic E-state index is 10.4. The average molecular weight is 636 g/mol. The molecule has 2 aromatic heterocycles. The highest BCUT2D eigenvalue weighted by Crippen LogP contribution is 2.39. The fourth-order valence-corrected chi connectivity index (χ4v) is 7.45. The number of para-hydroxylation sites is 3. The first-order chi connectivity index (χ1) is 24.7. The van der Waals surface area contributed by atoms with E-state index in [9.17, 15) is 15.8 Å². The molecule has 0 atom stereocenters. The number of rotatable bonds is 4. The molecule has 9 aromatic rings. The van der Waals surface area contributed by atoms with Crippen molar-refractivity contribution in [2.24, 2.45) is 0 Å². The van der Waals surface area contributed by atoms with Crippen LogP contribution in [0.5, 0.6) is 0 Å². The minimum absolute atomic E-state index is 0.546. The third-order valence-corrected chi connectivity index (χ3v) is 9.65. The van der Waals surface area contributed by atoms with Crippen LogP contribution in [0.1, 0.15) is 16.7 Å². The van der Waals surface area contributed by atoms with E-state index >= 15 is 0 Å². The molecular weight excluding hydrogens is 611 g/mol. The van der Waals surface area contributed by atoms with Crippen molar-refractivity contribution in [3.05, 3.63) is 168 Å². The quantitative estimate of drug-likeness (QED) is 0.193. The van der Waals surface area contributed by atoms with E-state index in [1.165, 1.54) is 10.8 Å². The van der Waals surface area contributed by atoms with Crippen molar-refractivity contribution >= 4 is 43.6 Å². The molecular formula is C45H25N5. The van der Waals surface area contributed by atoms with Gasteiger partial charge in [0, 0.05) is 32.8 Å². The Balaban J connectivity index is 1.15. The van der Waals surface area contributed by atoms with Crippen molar-refractivity contribution in [2.45, 2.75) is 0 Å². The van der Waals surface area contributed by atoms with Crippen molar-refractivity contribution in [3.63, 3.8) is 0 Å². The molecule has 9 rings (SSSR count). The van der Waals surface area contributed by atoms with Crippen molar-refractivity contribution in [1.82, 2.24) is 9.13 Å². The van der Waals surface area contributed by atoms with Crippen molar-refractivity contribution < 1.29 is 0 Å². The SMILES string of the molecule is N#Cc1ccc2c(c1)c1c(C#N)cccc1n2-c1ccc(-c2ccc(-c3ccccc3-n3c4ccccc4c4ccccc43)cc2C#N)cc1. The third kappa shape index (κ3) is 4.31. The molecule has 0 fully saturated rings. The zero-order chi connectivity index (χ0) is 33.8. The van der Waals surface area contributed by atoms with Gasteiger partial charge in [0.2, 0.25) is 0 Å². The minimum Gasteiger partial charge on any atom is -0.309 e.